The zero-order chi connectivity index (χ0) is 40.3. The molecule has 0 aliphatic rings. The van der Waals surface area contributed by atoms with Crippen LogP contribution in [0.2, 0.25) is 0 Å². The third-order valence-electron chi connectivity index (χ3n) is 11.4. The minimum absolute atomic E-state index is 0.0620. The van der Waals surface area contributed by atoms with Gasteiger partial charge in [0.25, 0.3) is 0 Å². The van der Waals surface area contributed by atoms with Crippen LogP contribution in [0.3, 0.4) is 0 Å². The largest absolute Gasteiger partial charge is 0.465 e. The summed E-state index contributed by atoms with van der Waals surface area (Å²) >= 11 is 0. The van der Waals surface area contributed by atoms with E-state index >= 15 is 0 Å². The summed E-state index contributed by atoms with van der Waals surface area (Å²) in [6.07, 6.45) is 38.9. The van der Waals surface area contributed by atoms with Crippen molar-refractivity contribution in [2.75, 3.05) is 46.1 Å². The predicted octanol–water partition coefficient (Wildman–Crippen LogP) is 14.6. The molecule has 0 aliphatic carbocycles. The number of carbonyl (C=O) groups is 2. The van der Waals surface area contributed by atoms with Crippen molar-refractivity contribution in [3.05, 3.63) is 0 Å². The summed E-state index contributed by atoms with van der Waals surface area (Å²) in [6.45, 7) is 17.2. The van der Waals surface area contributed by atoms with Crippen LogP contribution in [-0.2, 0) is 23.8 Å². The molecule has 2 unspecified atom stereocenters. The lowest BCUT2D eigenvalue weighted by molar-refractivity contribution is -0.150. The van der Waals surface area contributed by atoms with Crippen LogP contribution in [0.25, 0.3) is 0 Å². The molecular formula is C49H97NO5. The van der Waals surface area contributed by atoms with Crippen molar-refractivity contribution < 1.29 is 23.8 Å². The van der Waals surface area contributed by atoms with E-state index in [0.717, 1.165) is 116 Å². The number of carbonyl (C=O) groups excluding carboxylic acids is 2. The molecule has 0 aromatic rings. The number of unbranched alkanes of at least 4 members (excludes halogenated alkanes) is 22. The fraction of sp³-hybridized carbons (Fsp3) is 0.959. The Labute approximate surface area is 344 Å². The van der Waals surface area contributed by atoms with Crippen LogP contribution < -0.4 is 0 Å². The first-order chi connectivity index (χ1) is 27.0. The lowest BCUT2D eigenvalue weighted by Crippen LogP contribution is -2.30. The molecule has 0 fully saturated rings. The van der Waals surface area contributed by atoms with Crippen molar-refractivity contribution >= 4 is 11.9 Å². The molecule has 0 rings (SSSR count). The van der Waals surface area contributed by atoms with E-state index in [-0.39, 0.29) is 23.8 Å². The summed E-state index contributed by atoms with van der Waals surface area (Å²) in [6, 6.07) is 0. The van der Waals surface area contributed by atoms with Crippen molar-refractivity contribution in [1.29, 1.82) is 0 Å². The van der Waals surface area contributed by atoms with Crippen molar-refractivity contribution in [1.82, 2.24) is 4.90 Å². The van der Waals surface area contributed by atoms with Crippen LogP contribution in [0.1, 0.15) is 247 Å². The monoisotopic (exact) mass is 780 g/mol. The van der Waals surface area contributed by atoms with E-state index < -0.39 is 0 Å². The summed E-state index contributed by atoms with van der Waals surface area (Å²) in [4.78, 5) is 28.6. The van der Waals surface area contributed by atoms with Crippen molar-refractivity contribution in [3.63, 3.8) is 0 Å². The van der Waals surface area contributed by atoms with Gasteiger partial charge in [0, 0.05) is 13.2 Å². The van der Waals surface area contributed by atoms with Crippen molar-refractivity contribution in [2.45, 2.75) is 247 Å². The lowest BCUT2D eigenvalue weighted by atomic mass is 9.94. The Hall–Kier alpha value is -1.14. The zero-order valence-electron chi connectivity index (χ0n) is 37.9. The van der Waals surface area contributed by atoms with Gasteiger partial charge in [0.1, 0.15) is 0 Å². The molecule has 0 saturated heterocycles. The second kappa shape index (κ2) is 44.0. The molecule has 0 aromatic carbocycles. The van der Waals surface area contributed by atoms with E-state index in [9.17, 15) is 9.59 Å². The maximum atomic E-state index is 13.0. The number of ether oxygens (including phenoxy) is 3. The van der Waals surface area contributed by atoms with E-state index in [4.69, 9.17) is 14.2 Å². The average molecular weight is 780 g/mol. The molecule has 0 radical (unpaired) electrons. The summed E-state index contributed by atoms with van der Waals surface area (Å²) < 4.78 is 17.5. The molecule has 0 heterocycles. The van der Waals surface area contributed by atoms with E-state index in [1.54, 1.807) is 0 Å². The molecular weight excluding hydrogens is 683 g/mol. The van der Waals surface area contributed by atoms with Crippen molar-refractivity contribution in [2.24, 2.45) is 11.8 Å². The maximum Gasteiger partial charge on any atom is 0.308 e. The third-order valence-corrected chi connectivity index (χ3v) is 11.4. The van der Waals surface area contributed by atoms with Gasteiger partial charge in [-0.3, -0.25) is 9.59 Å². The fourth-order valence-electron chi connectivity index (χ4n) is 7.68. The van der Waals surface area contributed by atoms with Gasteiger partial charge in [-0.15, -0.1) is 0 Å². The number of rotatable bonds is 45. The Kier molecular flexibility index (Phi) is 43.1. The molecule has 2 atom stereocenters. The molecule has 6 nitrogen and oxygen atoms in total. The Morgan fingerprint density at radius 2 is 0.673 bits per heavy atom. The summed E-state index contributed by atoms with van der Waals surface area (Å²) in [5.74, 6) is 0.316. The molecule has 0 amide bonds. The Morgan fingerprint density at radius 3 is 1.05 bits per heavy atom. The molecule has 6 heteroatoms. The van der Waals surface area contributed by atoms with E-state index in [0.29, 0.717) is 13.2 Å². The molecule has 0 aliphatic heterocycles. The predicted molar refractivity (Wildman–Crippen MR) is 237 cm³/mol. The van der Waals surface area contributed by atoms with Gasteiger partial charge in [0.2, 0.25) is 0 Å². The number of nitrogens with zero attached hydrogens (tertiary/aromatic N) is 1. The first kappa shape index (κ1) is 53.9. The smallest absolute Gasteiger partial charge is 0.308 e. The quantitative estimate of drug-likeness (QED) is 0.0453. The highest BCUT2D eigenvalue weighted by molar-refractivity contribution is 5.72. The minimum Gasteiger partial charge on any atom is -0.465 e. The standard InChI is InChI=1S/C49H97NO5/c1-6-11-15-19-21-29-37-46(35-27-17-13-8-3)48(51)54-43-33-25-23-31-39-50(41-45-53-42-10-5)40-32-24-26-34-44-55-49(52)47(36-28-18-14-9-4)38-30-22-20-16-12-7-2/h46-47H,6-45H2,1-5H3. The van der Waals surface area contributed by atoms with E-state index in [2.05, 4.69) is 39.5 Å². The zero-order valence-corrected chi connectivity index (χ0v) is 37.9. The van der Waals surface area contributed by atoms with Gasteiger partial charge >= 0.3 is 11.9 Å². The Balaban J connectivity index is 4.42. The highest BCUT2D eigenvalue weighted by atomic mass is 16.5. The van der Waals surface area contributed by atoms with Gasteiger partial charge in [0.15, 0.2) is 0 Å². The number of esters is 2. The molecule has 0 bridgehead atoms. The van der Waals surface area contributed by atoms with Crippen LogP contribution in [-0.4, -0.2) is 62.9 Å². The highest BCUT2D eigenvalue weighted by Gasteiger charge is 2.20. The van der Waals surface area contributed by atoms with Crippen LogP contribution >= 0.6 is 0 Å². The fourth-order valence-corrected chi connectivity index (χ4v) is 7.68. The van der Waals surface area contributed by atoms with Crippen LogP contribution in [0.4, 0.5) is 0 Å². The molecule has 328 valence electrons. The third kappa shape index (κ3) is 36.9. The lowest BCUT2D eigenvalue weighted by Gasteiger charge is -2.22. The minimum atomic E-state index is 0.0620. The average Bonchev–Trinajstić information content (AvgIpc) is 3.19. The molecule has 0 saturated carbocycles. The number of hydrogen-bond donors (Lipinski definition) is 0. The van der Waals surface area contributed by atoms with Crippen molar-refractivity contribution in [3.8, 4) is 0 Å². The van der Waals surface area contributed by atoms with E-state index in [1.807, 2.05) is 0 Å². The Morgan fingerprint density at radius 1 is 0.345 bits per heavy atom. The van der Waals surface area contributed by atoms with Gasteiger partial charge in [-0.1, -0.05) is 189 Å². The first-order valence-corrected chi connectivity index (χ1v) is 24.7. The topological polar surface area (TPSA) is 65.1 Å². The molecule has 0 spiro atoms. The maximum absolute atomic E-state index is 13.0. The normalized spacial score (nSPS) is 12.7. The second-order valence-corrected chi connectivity index (χ2v) is 16.8. The molecule has 0 N–H and O–H groups in total. The van der Waals surface area contributed by atoms with Gasteiger partial charge in [-0.2, -0.15) is 0 Å². The SMILES string of the molecule is CCCCCCCCC(CCCCCC)C(=O)OCCCCCCN(CCCCCCOC(=O)C(CCCCCC)CCCCCCCC)CCOCCC. The highest BCUT2D eigenvalue weighted by Crippen LogP contribution is 2.22. The molecule has 0 aromatic heterocycles. The van der Waals surface area contributed by atoms with Crippen LogP contribution in [0.15, 0.2) is 0 Å². The summed E-state index contributed by atoms with van der Waals surface area (Å²) in [5, 5.41) is 0. The summed E-state index contributed by atoms with van der Waals surface area (Å²) in [5.41, 5.74) is 0. The van der Waals surface area contributed by atoms with Gasteiger partial charge in [-0.05, 0) is 70.9 Å². The van der Waals surface area contributed by atoms with Gasteiger partial charge in [0.05, 0.1) is 31.7 Å². The van der Waals surface area contributed by atoms with Crippen LogP contribution in [0, 0.1) is 11.8 Å². The van der Waals surface area contributed by atoms with E-state index in [1.165, 1.54) is 128 Å². The van der Waals surface area contributed by atoms with Gasteiger partial charge in [-0.25, -0.2) is 0 Å². The molecule has 55 heavy (non-hydrogen) atoms. The summed E-state index contributed by atoms with van der Waals surface area (Å²) in [7, 11) is 0. The van der Waals surface area contributed by atoms with Crippen LogP contribution in [0.5, 0.6) is 0 Å². The Bertz CT molecular complexity index is 733. The first-order valence-electron chi connectivity index (χ1n) is 24.7. The second-order valence-electron chi connectivity index (χ2n) is 16.8. The van der Waals surface area contributed by atoms with Gasteiger partial charge < -0.3 is 19.1 Å². The number of hydrogen-bond acceptors (Lipinski definition) is 6.